The molecule has 0 aliphatic carbocycles. The van der Waals surface area contributed by atoms with Gasteiger partial charge in [0.15, 0.2) is 5.78 Å². The van der Waals surface area contributed by atoms with E-state index >= 15 is 0 Å². The molecule has 8 heteroatoms. The van der Waals surface area contributed by atoms with Crippen LogP contribution in [0.3, 0.4) is 0 Å². The number of carbonyl (C=O) groups is 2. The van der Waals surface area contributed by atoms with Crippen LogP contribution in [-0.4, -0.2) is 76.5 Å². The zero-order valence-corrected chi connectivity index (χ0v) is 18.6. The van der Waals surface area contributed by atoms with Gasteiger partial charge in [0.1, 0.15) is 0 Å². The molecule has 1 N–H and O–H groups in total. The summed E-state index contributed by atoms with van der Waals surface area (Å²) in [6.45, 7) is 7.11. The number of rotatable bonds is 5. The number of aromatic nitrogens is 2. The lowest BCUT2D eigenvalue weighted by molar-refractivity contribution is -0.137. The van der Waals surface area contributed by atoms with Crippen molar-refractivity contribution in [3.05, 3.63) is 34.2 Å². The Labute approximate surface area is 182 Å². The van der Waals surface area contributed by atoms with Crippen molar-refractivity contribution in [2.45, 2.75) is 51.2 Å². The minimum absolute atomic E-state index is 0.0194. The predicted octanol–water partition coefficient (Wildman–Crippen LogP) is 2.20. The van der Waals surface area contributed by atoms with Gasteiger partial charge in [-0.05, 0) is 57.7 Å². The van der Waals surface area contributed by atoms with Gasteiger partial charge in [-0.3, -0.25) is 19.1 Å². The molecule has 2 saturated heterocycles. The third-order valence-corrected chi connectivity index (χ3v) is 7.07. The van der Waals surface area contributed by atoms with Gasteiger partial charge in [-0.15, -0.1) is 0 Å². The molecule has 2 aliphatic rings. The van der Waals surface area contributed by atoms with Crippen LogP contribution in [0.5, 0.6) is 0 Å². The number of likely N-dealkylation sites (tertiary alicyclic amines) is 2. The van der Waals surface area contributed by atoms with E-state index in [-0.39, 0.29) is 29.0 Å². The Morgan fingerprint density at radius 2 is 1.84 bits per heavy atom. The molecule has 168 valence electrons. The Morgan fingerprint density at radius 1 is 1.16 bits per heavy atom. The fourth-order valence-corrected chi connectivity index (χ4v) is 4.77. The number of amides is 1. The number of methoxy groups -OCH3 is 1. The lowest BCUT2D eigenvalue weighted by atomic mass is 9.93. The zero-order valence-electron chi connectivity index (χ0n) is 18.6. The summed E-state index contributed by atoms with van der Waals surface area (Å²) in [5, 5.41) is 0. The minimum atomic E-state index is -0.139. The third-order valence-electron chi connectivity index (χ3n) is 7.07. The van der Waals surface area contributed by atoms with E-state index < -0.39 is 0 Å². The van der Waals surface area contributed by atoms with E-state index in [0.29, 0.717) is 17.6 Å². The van der Waals surface area contributed by atoms with Gasteiger partial charge in [-0.1, -0.05) is 0 Å². The number of H-pyrrole nitrogens is 1. The molecule has 2 aromatic rings. The van der Waals surface area contributed by atoms with Crippen molar-refractivity contribution < 1.29 is 14.3 Å². The smallest absolute Gasteiger partial charge is 0.326 e. The van der Waals surface area contributed by atoms with Crippen LogP contribution in [-0.2, 0) is 9.53 Å². The summed E-state index contributed by atoms with van der Waals surface area (Å²) >= 11 is 0. The molecule has 0 radical (unpaired) electrons. The highest BCUT2D eigenvalue weighted by Gasteiger charge is 2.32. The predicted molar refractivity (Wildman–Crippen MR) is 119 cm³/mol. The lowest BCUT2D eigenvalue weighted by Crippen LogP contribution is -2.50. The second kappa shape index (κ2) is 8.59. The zero-order chi connectivity index (χ0) is 22.2. The van der Waals surface area contributed by atoms with Crippen LogP contribution in [0.15, 0.2) is 23.0 Å². The molecule has 0 unspecified atom stereocenters. The van der Waals surface area contributed by atoms with E-state index in [1.54, 1.807) is 19.2 Å². The fourth-order valence-electron chi connectivity index (χ4n) is 4.77. The van der Waals surface area contributed by atoms with E-state index in [4.69, 9.17) is 4.74 Å². The van der Waals surface area contributed by atoms with Gasteiger partial charge < -0.3 is 14.6 Å². The second-order valence-corrected chi connectivity index (χ2v) is 9.13. The fraction of sp³-hybridized carbons (Fsp3) is 0.609. The number of Topliss-reactive ketones (excluding diaryl/α,β-unsaturated/α-hetero) is 1. The molecule has 0 saturated carbocycles. The van der Waals surface area contributed by atoms with Crippen LogP contribution < -0.4 is 5.69 Å². The standard InChI is InChI=1S/C23H32N4O4/c1-16(28)17-4-5-20-19(14-17)24-22(30)27(20)18-6-10-25(11-7-18)15-21(29)26-12-8-23(2,31-3)9-13-26/h4-5,14,18H,6-13,15H2,1-3H3,(H,24,30). The first-order valence-electron chi connectivity index (χ1n) is 11.1. The first-order chi connectivity index (χ1) is 14.8. The Bertz CT molecular complexity index is 1020. The number of ketones is 1. The van der Waals surface area contributed by atoms with Crippen molar-refractivity contribution in [3.63, 3.8) is 0 Å². The summed E-state index contributed by atoms with van der Waals surface area (Å²) in [4.78, 5) is 44.0. The van der Waals surface area contributed by atoms with Crippen molar-refractivity contribution in [2.24, 2.45) is 0 Å². The number of aromatic amines is 1. The molecule has 2 aliphatic heterocycles. The van der Waals surface area contributed by atoms with Crippen LogP contribution in [0.2, 0.25) is 0 Å². The molecule has 2 fully saturated rings. The highest BCUT2D eigenvalue weighted by atomic mass is 16.5. The third kappa shape index (κ3) is 4.45. The maximum atomic E-state index is 12.7. The maximum Gasteiger partial charge on any atom is 0.326 e. The van der Waals surface area contributed by atoms with Crippen molar-refractivity contribution >= 4 is 22.7 Å². The number of nitrogens with one attached hydrogen (secondary N) is 1. The molecule has 0 bridgehead atoms. The SMILES string of the molecule is COC1(C)CCN(C(=O)CN2CCC(n3c(=O)[nH]c4cc(C(C)=O)ccc43)CC2)CC1. The lowest BCUT2D eigenvalue weighted by Gasteiger charge is -2.39. The number of benzene rings is 1. The summed E-state index contributed by atoms with van der Waals surface area (Å²) in [5.41, 5.74) is 1.87. The van der Waals surface area contributed by atoms with Gasteiger partial charge in [-0.2, -0.15) is 0 Å². The molecule has 4 rings (SSSR count). The topological polar surface area (TPSA) is 87.6 Å². The van der Waals surface area contributed by atoms with Crippen molar-refractivity contribution in [1.82, 2.24) is 19.4 Å². The molecule has 3 heterocycles. The van der Waals surface area contributed by atoms with Crippen LogP contribution in [0, 0.1) is 0 Å². The molecule has 8 nitrogen and oxygen atoms in total. The van der Waals surface area contributed by atoms with Gasteiger partial charge in [0, 0.05) is 44.9 Å². The number of imidazole rings is 1. The average molecular weight is 429 g/mol. The number of hydrogen-bond donors (Lipinski definition) is 1. The number of hydrogen-bond acceptors (Lipinski definition) is 5. The molecule has 31 heavy (non-hydrogen) atoms. The van der Waals surface area contributed by atoms with Crippen LogP contribution >= 0.6 is 0 Å². The second-order valence-electron chi connectivity index (χ2n) is 9.13. The van der Waals surface area contributed by atoms with Gasteiger partial charge in [0.05, 0.1) is 23.2 Å². The Hall–Kier alpha value is -2.45. The number of carbonyl (C=O) groups excluding carboxylic acids is 2. The van der Waals surface area contributed by atoms with Crippen molar-refractivity contribution in [3.8, 4) is 0 Å². The molecule has 0 spiro atoms. The number of nitrogens with zero attached hydrogens (tertiary/aromatic N) is 3. The minimum Gasteiger partial charge on any atom is -0.378 e. The summed E-state index contributed by atoms with van der Waals surface area (Å²) in [7, 11) is 1.74. The van der Waals surface area contributed by atoms with Gasteiger partial charge in [-0.25, -0.2) is 4.79 Å². The quantitative estimate of drug-likeness (QED) is 0.738. The molecule has 1 aromatic heterocycles. The normalized spacial score (nSPS) is 20.3. The largest absolute Gasteiger partial charge is 0.378 e. The maximum absolute atomic E-state index is 12.7. The van der Waals surface area contributed by atoms with Crippen LogP contribution in [0.4, 0.5) is 0 Å². The molecular weight excluding hydrogens is 396 g/mol. The Kier molecular flexibility index (Phi) is 6.03. The summed E-state index contributed by atoms with van der Waals surface area (Å²) in [5.74, 6) is 0.159. The van der Waals surface area contributed by atoms with Crippen LogP contribution in [0.1, 0.15) is 55.9 Å². The van der Waals surface area contributed by atoms with E-state index in [2.05, 4.69) is 16.8 Å². The highest BCUT2D eigenvalue weighted by Crippen LogP contribution is 2.27. The molecule has 1 amide bonds. The molecule has 0 atom stereocenters. The van der Waals surface area contributed by atoms with Gasteiger partial charge >= 0.3 is 5.69 Å². The number of fused-ring (bicyclic) bond motifs is 1. The summed E-state index contributed by atoms with van der Waals surface area (Å²) in [6, 6.07) is 5.46. The first kappa shape index (κ1) is 21.8. The highest BCUT2D eigenvalue weighted by molar-refractivity contribution is 5.97. The van der Waals surface area contributed by atoms with Crippen molar-refractivity contribution in [2.75, 3.05) is 39.8 Å². The van der Waals surface area contributed by atoms with Gasteiger partial charge in [0.25, 0.3) is 0 Å². The van der Waals surface area contributed by atoms with Crippen LogP contribution in [0.25, 0.3) is 11.0 Å². The Balaban J connectivity index is 1.36. The van der Waals surface area contributed by atoms with E-state index in [0.717, 1.165) is 57.4 Å². The summed E-state index contributed by atoms with van der Waals surface area (Å²) < 4.78 is 7.38. The first-order valence-corrected chi connectivity index (χ1v) is 11.1. The monoisotopic (exact) mass is 428 g/mol. The summed E-state index contributed by atoms with van der Waals surface area (Å²) in [6.07, 6.45) is 3.37. The average Bonchev–Trinajstić information content (AvgIpc) is 3.09. The molecular formula is C23H32N4O4. The van der Waals surface area contributed by atoms with E-state index in [1.807, 2.05) is 15.5 Å². The number of ether oxygens (including phenoxy) is 1. The Morgan fingerprint density at radius 3 is 2.45 bits per heavy atom. The van der Waals surface area contributed by atoms with E-state index in [9.17, 15) is 14.4 Å². The number of piperidine rings is 2. The van der Waals surface area contributed by atoms with Gasteiger partial charge in [0.2, 0.25) is 5.91 Å². The molecule has 1 aromatic carbocycles. The van der Waals surface area contributed by atoms with E-state index in [1.165, 1.54) is 6.92 Å². The van der Waals surface area contributed by atoms with Crippen molar-refractivity contribution in [1.29, 1.82) is 0 Å².